The molecule has 29 heavy (non-hydrogen) atoms. The van der Waals surface area contributed by atoms with Crippen LogP contribution < -0.4 is 5.73 Å². The summed E-state index contributed by atoms with van der Waals surface area (Å²) < 4.78 is 20.4. The fraction of sp³-hybridized carbons (Fsp3) is 0.476. The molecule has 0 spiro atoms. The highest BCUT2D eigenvalue weighted by atomic mass is 19.1. The maximum atomic E-state index is 14.0. The Bertz CT molecular complexity index is 996. The summed E-state index contributed by atoms with van der Waals surface area (Å²) >= 11 is 0. The number of nitrogen functional groups attached to an aromatic ring is 1. The van der Waals surface area contributed by atoms with E-state index in [0.29, 0.717) is 34.8 Å². The third-order valence-corrected chi connectivity index (χ3v) is 5.59. The van der Waals surface area contributed by atoms with Gasteiger partial charge in [0.25, 0.3) is 0 Å². The lowest BCUT2D eigenvalue weighted by Crippen LogP contribution is -2.21. The van der Waals surface area contributed by atoms with Gasteiger partial charge in [0.05, 0.1) is 30.3 Å². The highest BCUT2D eigenvalue weighted by Crippen LogP contribution is 2.58. The summed E-state index contributed by atoms with van der Waals surface area (Å²) in [5.74, 6) is 0.276. The summed E-state index contributed by atoms with van der Waals surface area (Å²) in [7, 11) is 0. The number of fused-ring (bicyclic) bond motifs is 1. The Morgan fingerprint density at radius 3 is 2.62 bits per heavy atom. The molecule has 1 saturated carbocycles. The van der Waals surface area contributed by atoms with Gasteiger partial charge in [-0.1, -0.05) is 19.9 Å². The van der Waals surface area contributed by atoms with Crippen molar-refractivity contribution in [3.8, 4) is 11.4 Å². The average Bonchev–Trinajstić information content (AvgIpc) is 3.22. The number of aliphatic hydroxyl groups excluding tert-OH is 1. The largest absolute Gasteiger partial charge is 0.391 e. The average molecular weight is 399 g/mol. The highest BCUT2D eigenvalue weighted by molar-refractivity contribution is 5.64. The Kier molecular flexibility index (Phi) is 5.23. The quantitative estimate of drug-likeness (QED) is 0.687. The van der Waals surface area contributed by atoms with Crippen molar-refractivity contribution in [1.82, 2.24) is 19.6 Å². The molecule has 0 radical (unpaired) electrons. The summed E-state index contributed by atoms with van der Waals surface area (Å²) in [6.07, 6.45) is 6.18. The molecule has 0 aromatic carbocycles. The lowest BCUT2D eigenvalue weighted by atomic mass is 10.0. The molecule has 2 aliphatic rings. The van der Waals surface area contributed by atoms with Gasteiger partial charge < -0.3 is 15.6 Å². The van der Waals surface area contributed by atoms with Gasteiger partial charge in [0.1, 0.15) is 5.52 Å². The van der Waals surface area contributed by atoms with E-state index in [1.165, 1.54) is 28.8 Å². The molecular formula is C21H26FN5O2. The predicted octanol–water partition coefficient (Wildman–Crippen LogP) is 3.18. The zero-order chi connectivity index (χ0) is 20.6. The van der Waals surface area contributed by atoms with Gasteiger partial charge in [-0.25, -0.2) is 13.9 Å². The molecule has 7 nitrogen and oxygen atoms in total. The van der Waals surface area contributed by atoms with Crippen molar-refractivity contribution in [3.63, 3.8) is 0 Å². The molecular weight excluding hydrogens is 373 g/mol. The first-order valence-corrected chi connectivity index (χ1v) is 9.87. The Labute approximate surface area is 168 Å². The van der Waals surface area contributed by atoms with Crippen molar-refractivity contribution in [2.75, 3.05) is 18.9 Å². The van der Waals surface area contributed by atoms with Crippen LogP contribution in [-0.2, 0) is 4.74 Å². The number of aromatic nitrogens is 4. The molecule has 3 aromatic rings. The number of hydrogen-bond acceptors (Lipinski definition) is 6. The van der Waals surface area contributed by atoms with Gasteiger partial charge in [-0.3, -0.25) is 4.98 Å². The fourth-order valence-corrected chi connectivity index (χ4v) is 3.67. The smallest absolute Gasteiger partial charge is 0.238 e. The number of hydrogen-bond donors (Lipinski definition) is 2. The van der Waals surface area contributed by atoms with Crippen LogP contribution in [0.4, 0.5) is 10.3 Å². The van der Waals surface area contributed by atoms with E-state index in [2.05, 4.69) is 35.0 Å². The minimum atomic E-state index is -0.385. The van der Waals surface area contributed by atoms with Crippen molar-refractivity contribution in [2.45, 2.75) is 45.1 Å². The van der Waals surface area contributed by atoms with E-state index >= 15 is 0 Å². The molecule has 2 unspecified atom stereocenters. The van der Waals surface area contributed by atoms with Crippen molar-refractivity contribution in [3.05, 3.63) is 42.0 Å². The molecule has 154 valence electrons. The van der Waals surface area contributed by atoms with Crippen LogP contribution in [0.1, 0.15) is 44.6 Å². The van der Waals surface area contributed by atoms with Crippen molar-refractivity contribution >= 4 is 11.5 Å². The number of nitrogens with zero attached hydrogens (tertiary/aromatic N) is 4. The van der Waals surface area contributed by atoms with Crippen LogP contribution in [0, 0.1) is 11.2 Å². The zero-order valence-corrected chi connectivity index (χ0v) is 16.7. The molecule has 1 saturated heterocycles. The molecule has 8 heteroatoms. The van der Waals surface area contributed by atoms with Crippen molar-refractivity contribution in [1.29, 1.82) is 0 Å². The second kappa shape index (κ2) is 7.68. The van der Waals surface area contributed by atoms with Crippen LogP contribution in [-0.4, -0.2) is 44.0 Å². The molecule has 3 N–H and O–H groups in total. The molecule has 1 aliphatic heterocycles. The van der Waals surface area contributed by atoms with Crippen LogP contribution in [0.25, 0.3) is 16.9 Å². The molecule has 4 heterocycles. The number of pyridine rings is 1. The van der Waals surface area contributed by atoms with Gasteiger partial charge >= 0.3 is 0 Å². The molecule has 0 amide bonds. The molecule has 2 fully saturated rings. The predicted molar refractivity (Wildman–Crippen MR) is 108 cm³/mol. The summed E-state index contributed by atoms with van der Waals surface area (Å²) in [5.41, 5.74) is 8.71. The standard InChI is InChI=1S/C16H16FN5.C5H10O2/c1-16(2)6-10(16)9-3-4-12(19-7-9)13-5-11(17)14-8-20-15(18)21-22(13)14;6-5-2-1-3-7-4-5/h3-5,7-8,10H,6H2,1-2H3,(H2,18,21);5-6H,1-4H2. The lowest BCUT2D eigenvalue weighted by Gasteiger charge is -2.15. The van der Waals surface area contributed by atoms with E-state index in [9.17, 15) is 4.39 Å². The molecule has 3 aromatic heterocycles. The maximum Gasteiger partial charge on any atom is 0.238 e. The number of rotatable bonds is 2. The Morgan fingerprint density at radius 2 is 2.07 bits per heavy atom. The minimum Gasteiger partial charge on any atom is -0.391 e. The van der Waals surface area contributed by atoms with E-state index in [1.54, 1.807) is 0 Å². The van der Waals surface area contributed by atoms with E-state index in [1.807, 2.05) is 12.3 Å². The first kappa shape index (κ1) is 19.7. The van der Waals surface area contributed by atoms with E-state index in [-0.39, 0.29) is 17.9 Å². The van der Waals surface area contributed by atoms with Gasteiger partial charge in [-0.15, -0.1) is 5.10 Å². The van der Waals surface area contributed by atoms with Crippen LogP contribution >= 0.6 is 0 Å². The lowest BCUT2D eigenvalue weighted by molar-refractivity contribution is -0.00535. The summed E-state index contributed by atoms with van der Waals surface area (Å²) in [4.78, 5) is 8.30. The van der Waals surface area contributed by atoms with Crippen LogP contribution in [0.3, 0.4) is 0 Å². The van der Waals surface area contributed by atoms with E-state index in [0.717, 1.165) is 19.4 Å². The minimum absolute atomic E-state index is 0.0979. The maximum absolute atomic E-state index is 14.0. The second-order valence-corrected chi connectivity index (χ2v) is 8.38. The third kappa shape index (κ3) is 4.23. The Balaban J connectivity index is 0.000000249. The van der Waals surface area contributed by atoms with Gasteiger partial charge in [0.2, 0.25) is 5.95 Å². The number of aliphatic hydroxyl groups is 1. The Morgan fingerprint density at radius 1 is 1.28 bits per heavy atom. The van der Waals surface area contributed by atoms with Crippen molar-refractivity contribution in [2.24, 2.45) is 5.41 Å². The van der Waals surface area contributed by atoms with Gasteiger partial charge in [0.15, 0.2) is 5.82 Å². The van der Waals surface area contributed by atoms with Gasteiger partial charge in [-0.05, 0) is 42.2 Å². The van der Waals surface area contributed by atoms with Crippen LogP contribution in [0.2, 0.25) is 0 Å². The SMILES string of the molecule is CC1(C)CC1c1ccc(-c2cc(F)c3cnc(N)nn23)nc1.OC1CCCOC1. The number of anilines is 1. The molecule has 2 atom stereocenters. The topological polar surface area (TPSA) is 98.6 Å². The zero-order valence-electron chi connectivity index (χ0n) is 16.7. The first-order chi connectivity index (χ1) is 13.8. The summed E-state index contributed by atoms with van der Waals surface area (Å²) in [5, 5.41) is 12.9. The fourth-order valence-electron chi connectivity index (χ4n) is 3.67. The first-order valence-electron chi connectivity index (χ1n) is 9.87. The van der Waals surface area contributed by atoms with Crippen molar-refractivity contribution < 1.29 is 14.2 Å². The normalized spacial score (nSPS) is 22.8. The number of ether oxygens (including phenoxy) is 1. The van der Waals surface area contributed by atoms with E-state index in [4.69, 9.17) is 15.6 Å². The molecule has 1 aliphatic carbocycles. The third-order valence-electron chi connectivity index (χ3n) is 5.59. The highest BCUT2D eigenvalue weighted by Gasteiger charge is 2.46. The number of halogens is 1. The number of nitrogens with two attached hydrogens (primary N) is 1. The summed E-state index contributed by atoms with van der Waals surface area (Å²) in [6, 6.07) is 5.37. The molecule has 0 bridgehead atoms. The van der Waals surface area contributed by atoms with E-state index < -0.39 is 0 Å². The monoisotopic (exact) mass is 399 g/mol. The van der Waals surface area contributed by atoms with Gasteiger partial charge in [0, 0.05) is 18.9 Å². The molecule has 5 rings (SSSR count). The summed E-state index contributed by atoms with van der Waals surface area (Å²) in [6.45, 7) is 5.87. The van der Waals surface area contributed by atoms with Gasteiger partial charge in [-0.2, -0.15) is 0 Å². The van der Waals surface area contributed by atoms with Crippen LogP contribution in [0.5, 0.6) is 0 Å². The Hall–Kier alpha value is -2.58. The van der Waals surface area contributed by atoms with Crippen LogP contribution in [0.15, 0.2) is 30.6 Å². The second-order valence-electron chi connectivity index (χ2n) is 8.38.